The van der Waals surface area contributed by atoms with E-state index in [0.717, 1.165) is 0 Å². The molecule has 126 valence electrons. The van der Waals surface area contributed by atoms with Gasteiger partial charge in [0, 0.05) is 5.56 Å². The zero-order valence-corrected chi connectivity index (χ0v) is 13.8. The molecule has 0 spiro atoms. The molecule has 0 atom stereocenters. The molecule has 0 saturated heterocycles. The fourth-order valence-electron chi connectivity index (χ4n) is 1.78. The Morgan fingerprint density at radius 3 is 2.42 bits per heavy atom. The van der Waals surface area contributed by atoms with Crippen molar-refractivity contribution in [2.45, 2.75) is 0 Å². The van der Waals surface area contributed by atoms with Gasteiger partial charge >= 0.3 is 6.09 Å². The number of amides is 1. The Balaban J connectivity index is 1.86. The average molecular weight is 349 g/mol. The second kappa shape index (κ2) is 9.42. The van der Waals surface area contributed by atoms with E-state index < -0.39 is 6.09 Å². The molecule has 2 rings (SSSR count). The van der Waals surface area contributed by atoms with Gasteiger partial charge in [0.1, 0.15) is 24.7 Å². The number of hydrogen-bond acceptors (Lipinski definition) is 5. The average Bonchev–Trinajstić information content (AvgIpc) is 2.61. The second-order valence-corrected chi connectivity index (χ2v) is 4.93. The molecule has 0 bridgehead atoms. The van der Waals surface area contributed by atoms with Crippen LogP contribution in [0.15, 0.2) is 53.6 Å². The van der Waals surface area contributed by atoms with E-state index in [1.165, 1.54) is 13.3 Å². The van der Waals surface area contributed by atoms with Gasteiger partial charge in [-0.1, -0.05) is 35.9 Å². The molecular weight excluding hydrogens is 332 g/mol. The minimum Gasteiger partial charge on any atom is -0.489 e. The van der Waals surface area contributed by atoms with E-state index in [1.54, 1.807) is 18.2 Å². The quantitative estimate of drug-likeness (QED) is 0.472. The van der Waals surface area contributed by atoms with Crippen molar-refractivity contribution in [1.29, 1.82) is 0 Å². The van der Waals surface area contributed by atoms with Crippen LogP contribution in [0.4, 0.5) is 4.79 Å². The summed E-state index contributed by atoms with van der Waals surface area (Å²) in [5.41, 5.74) is 2.93. The third-order valence-corrected chi connectivity index (χ3v) is 3.21. The Bertz CT molecular complexity index is 706. The molecule has 0 heterocycles. The van der Waals surface area contributed by atoms with Crippen molar-refractivity contribution in [3.05, 3.63) is 59.1 Å². The number of nitrogens with zero attached hydrogens (tertiary/aromatic N) is 1. The van der Waals surface area contributed by atoms with Crippen LogP contribution in [0.3, 0.4) is 0 Å². The number of nitrogens with one attached hydrogen (secondary N) is 1. The van der Waals surface area contributed by atoms with Crippen LogP contribution in [-0.2, 0) is 4.74 Å². The lowest BCUT2D eigenvalue weighted by molar-refractivity contribution is 0.171. The number of benzene rings is 2. The lowest BCUT2D eigenvalue weighted by Crippen LogP contribution is -2.17. The summed E-state index contributed by atoms with van der Waals surface area (Å²) in [6.07, 6.45) is 0.832. The molecule has 0 aromatic heterocycles. The van der Waals surface area contributed by atoms with E-state index >= 15 is 0 Å². The van der Waals surface area contributed by atoms with Gasteiger partial charge in [0.15, 0.2) is 0 Å². The summed E-state index contributed by atoms with van der Waals surface area (Å²) >= 11 is 6.01. The molecular formula is C17H17ClN2O4. The Morgan fingerprint density at radius 2 is 1.71 bits per heavy atom. The van der Waals surface area contributed by atoms with Gasteiger partial charge in [-0.25, -0.2) is 10.2 Å². The molecule has 1 amide bonds. The van der Waals surface area contributed by atoms with Gasteiger partial charge in [0.05, 0.1) is 18.3 Å². The molecule has 0 radical (unpaired) electrons. The molecule has 1 N–H and O–H groups in total. The SMILES string of the molecule is COC(=O)N/N=C/c1ccccc1OCCOc1ccccc1Cl. The van der Waals surface area contributed by atoms with Gasteiger partial charge < -0.3 is 14.2 Å². The third kappa shape index (κ3) is 5.48. The summed E-state index contributed by atoms with van der Waals surface area (Å²) in [5, 5.41) is 4.34. The maximum atomic E-state index is 11.0. The van der Waals surface area contributed by atoms with E-state index in [0.29, 0.717) is 35.3 Å². The Labute approximate surface area is 145 Å². The van der Waals surface area contributed by atoms with E-state index in [9.17, 15) is 4.79 Å². The number of methoxy groups -OCH3 is 1. The van der Waals surface area contributed by atoms with Crippen molar-refractivity contribution >= 4 is 23.9 Å². The van der Waals surface area contributed by atoms with Crippen LogP contribution in [-0.4, -0.2) is 32.6 Å². The van der Waals surface area contributed by atoms with E-state index in [2.05, 4.69) is 15.3 Å². The van der Waals surface area contributed by atoms with Crippen LogP contribution in [0.2, 0.25) is 5.02 Å². The smallest absolute Gasteiger partial charge is 0.427 e. The molecule has 0 unspecified atom stereocenters. The van der Waals surface area contributed by atoms with Crippen LogP contribution in [0.25, 0.3) is 0 Å². The number of halogens is 1. The first-order valence-electron chi connectivity index (χ1n) is 7.17. The maximum absolute atomic E-state index is 11.0. The van der Waals surface area contributed by atoms with Crippen LogP contribution in [0.5, 0.6) is 11.5 Å². The standard InChI is InChI=1S/C17H17ClN2O4/c1-22-17(21)20-19-12-13-6-2-4-8-15(13)23-10-11-24-16-9-5-3-7-14(16)18/h2-9,12H,10-11H2,1H3,(H,20,21)/b19-12+. The highest BCUT2D eigenvalue weighted by atomic mass is 35.5. The second-order valence-electron chi connectivity index (χ2n) is 4.53. The highest BCUT2D eigenvalue weighted by Gasteiger charge is 2.03. The summed E-state index contributed by atoms with van der Waals surface area (Å²) in [6, 6.07) is 14.5. The molecule has 0 aliphatic heterocycles. The van der Waals surface area contributed by atoms with Crippen molar-refractivity contribution in [2.24, 2.45) is 5.10 Å². The van der Waals surface area contributed by atoms with Crippen molar-refractivity contribution < 1.29 is 19.0 Å². The summed E-state index contributed by atoms with van der Waals surface area (Å²) in [5.74, 6) is 1.23. The largest absolute Gasteiger partial charge is 0.489 e. The summed E-state index contributed by atoms with van der Waals surface area (Å²) in [6.45, 7) is 0.677. The fraction of sp³-hybridized carbons (Fsp3) is 0.176. The molecule has 0 fully saturated rings. The predicted octanol–water partition coefficient (Wildman–Crippen LogP) is 3.49. The number of carbonyl (C=O) groups excluding carboxylic acids is 1. The lowest BCUT2D eigenvalue weighted by Gasteiger charge is -2.11. The van der Waals surface area contributed by atoms with Crippen molar-refractivity contribution in [2.75, 3.05) is 20.3 Å². The topological polar surface area (TPSA) is 69.2 Å². The van der Waals surface area contributed by atoms with Crippen molar-refractivity contribution in [3.8, 4) is 11.5 Å². The molecule has 7 heteroatoms. The zero-order valence-electron chi connectivity index (χ0n) is 13.1. The zero-order chi connectivity index (χ0) is 17.2. The minimum atomic E-state index is -0.641. The van der Waals surface area contributed by atoms with Crippen LogP contribution >= 0.6 is 11.6 Å². The first-order chi connectivity index (χ1) is 11.7. The van der Waals surface area contributed by atoms with E-state index in [1.807, 2.05) is 30.3 Å². The lowest BCUT2D eigenvalue weighted by atomic mass is 10.2. The van der Waals surface area contributed by atoms with Crippen LogP contribution in [0.1, 0.15) is 5.56 Å². The number of para-hydroxylation sites is 2. The molecule has 0 saturated carbocycles. The Kier molecular flexibility index (Phi) is 6.91. The summed E-state index contributed by atoms with van der Waals surface area (Å²) in [7, 11) is 1.26. The summed E-state index contributed by atoms with van der Waals surface area (Å²) < 4.78 is 15.7. The molecule has 24 heavy (non-hydrogen) atoms. The van der Waals surface area contributed by atoms with Gasteiger partial charge in [-0.15, -0.1) is 0 Å². The van der Waals surface area contributed by atoms with Gasteiger partial charge in [-0.2, -0.15) is 5.10 Å². The van der Waals surface area contributed by atoms with E-state index in [-0.39, 0.29) is 0 Å². The van der Waals surface area contributed by atoms with Crippen LogP contribution in [0, 0.1) is 0 Å². The number of hydrogen-bond donors (Lipinski definition) is 1. The molecule has 0 aliphatic carbocycles. The minimum absolute atomic E-state index is 0.334. The van der Waals surface area contributed by atoms with Crippen LogP contribution < -0.4 is 14.9 Å². The van der Waals surface area contributed by atoms with Gasteiger partial charge in [0.25, 0.3) is 0 Å². The number of rotatable bonds is 7. The summed E-state index contributed by atoms with van der Waals surface area (Å²) in [4.78, 5) is 11.0. The number of carbonyl (C=O) groups is 1. The highest BCUT2D eigenvalue weighted by molar-refractivity contribution is 6.32. The van der Waals surface area contributed by atoms with Gasteiger partial charge in [-0.05, 0) is 24.3 Å². The molecule has 2 aromatic rings. The fourth-order valence-corrected chi connectivity index (χ4v) is 1.97. The van der Waals surface area contributed by atoms with Gasteiger partial charge in [-0.3, -0.25) is 0 Å². The third-order valence-electron chi connectivity index (χ3n) is 2.90. The number of hydrazone groups is 1. The first kappa shape index (κ1) is 17.6. The first-order valence-corrected chi connectivity index (χ1v) is 7.54. The number of ether oxygens (including phenoxy) is 3. The van der Waals surface area contributed by atoms with Crippen molar-refractivity contribution in [3.63, 3.8) is 0 Å². The monoisotopic (exact) mass is 348 g/mol. The Hall–Kier alpha value is -2.73. The molecule has 0 aliphatic rings. The predicted molar refractivity (Wildman–Crippen MR) is 92.0 cm³/mol. The van der Waals surface area contributed by atoms with Gasteiger partial charge in [0.2, 0.25) is 0 Å². The van der Waals surface area contributed by atoms with E-state index in [4.69, 9.17) is 21.1 Å². The van der Waals surface area contributed by atoms with Crippen molar-refractivity contribution in [1.82, 2.24) is 5.43 Å². The molecule has 2 aromatic carbocycles. The normalized spacial score (nSPS) is 10.4. The Morgan fingerprint density at radius 1 is 1.08 bits per heavy atom. The maximum Gasteiger partial charge on any atom is 0.427 e. The highest BCUT2D eigenvalue weighted by Crippen LogP contribution is 2.23. The molecule has 6 nitrogen and oxygen atoms in total.